The number of hydrogen-bond donors (Lipinski definition) is 2. The molecule has 0 radical (unpaired) electrons. The third kappa shape index (κ3) is 4.44. The zero-order valence-electron chi connectivity index (χ0n) is 13.4. The highest BCUT2D eigenvalue weighted by molar-refractivity contribution is 5.82. The van der Waals surface area contributed by atoms with Crippen molar-refractivity contribution in [2.75, 3.05) is 6.54 Å². The molecule has 4 nitrogen and oxygen atoms in total. The summed E-state index contributed by atoms with van der Waals surface area (Å²) in [5, 5.41) is 13.0. The molecule has 0 spiro atoms. The van der Waals surface area contributed by atoms with Gasteiger partial charge in [0, 0.05) is 18.5 Å². The average molecular weight is 309 g/mol. The van der Waals surface area contributed by atoms with Crippen molar-refractivity contribution in [2.24, 2.45) is 5.92 Å². The van der Waals surface area contributed by atoms with E-state index in [1.165, 1.54) is 18.2 Å². The molecule has 22 heavy (non-hydrogen) atoms. The van der Waals surface area contributed by atoms with Crippen molar-refractivity contribution in [3.8, 4) is 5.75 Å². The Labute approximate surface area is 130 Å². The van der Waals surface area contributed by atoms with Crippen LogP contribution in [0.5, 0.6) is 5.75 Å². The largest absolute Gasteiger partial charge is 0.480 e. The summed E-state index contributed by atoms with van der Waals surface area (Å²) in [6.07, 6.45) is 1.22. The highest BCUT2D eigenvalue weighted by Crippen LogP contribution is 2.29. The molecule has 1 amide bonds. The Kier molecular flexibility index (Phi) is 5.06. The van der Waals surface area contributed by atoms with Gasteiger partial charge in [0.15, 0.2) is 6.10 Å². The van der Waals surface area contributed by atoms with Gasteiger partial charge in [0.2, 0.25) is 0 Å². The van der Waals surface area contributed by atoms with Crippen LogP contribution in [-0.2, 0) is 11.2 Å². The first kappa shape index (κ1) is 16.7. The van der Waals surface area contributed by atoms with Crippen molar-refractivity contribution in [3.05, 3.63) is 29.6 Å². The number of ether oxygens (including phenoxy) is 1. The van der Waals surface area contributed by atoms with E-state index in [4.69, 9.17) is 4.74 Å². The van der Waals surface area contributed by atoms with E-state index < -0.39 is 11.7 Å². The molecule has 0 aliphatic carbocycles. The average Bonchev–Trinajstić information content (AvgIpc) is 2.86. The van der Waals surface area contributed by atoms with E-state index >= 15 is 0 Å². The number of amides is 1. The minimum Gasteiger partial charge on any atom is -0.480 e. The first-order chi connectivity index (χ1) is 10.3. The minimum atomic E-state index is -0.933. The Morgan fingerprint density at radius 2 is 2.27 bits per heavy atom. The smallest absolute Gasteiger partial charge is 0.261 e. The van der Waals surface area contributed by atoms with Crippen LogP contribution in [0, 0.1) is 11.7 Å². The van der Waals surface area contributed by atoms with Gasteiger partial charge in [-0.2, -0.15) is 0 Å². The number of carbonyl (C=O) groups excluding carboxylic acids is 1. The fourth-order valence-corrected chi connectivity index (χ4v) is 2.44. The topological polar surface area (TPSA) is 58.6 Å². The Morgan fingerprint density at radius 3 is 2.95 bits per heavy atom. The molecule has 1 aliphatic rings. The summed E-state index contributed by atoms with van der Waals surface area (Å²) < 4.78 is 18.7. The molecule has 122 valence electrons. The molecular formula is C17H24FNO3. The van der Waals surface area contributed by atoms with Crippen LogP contribution in [0.2, 0.25) is 0 Å². The fraction of sp³-hybridized carbons (Fsp3) is 0.588. The van der Waals surface area contributed by atoms with E-state index in [1.54, 1.807) is 6.92 Å². The maximum absolute atomic E-state index is 13.2. The number of hydrogen-bond acceptors (Lipinski definition) is 3. The summed E-state index contributed by atoms with van der Waals surface area (Å²) in [7, 11) is 0. The first-order valence-electron chi connectivity index (χ1n) is 7.72. The second-order valence-corrected chi connectivity index (χ2v) is 6.71. The first-order valence-corrected chi connectivity index (χ1v) is 7.72. The van der Waals surface area contributed by atoms with Crippen LogP contribution in [0.1, 0.15) is 39.2 Å². The molecule has 0 bridgehead atoms. The fourth-order valence-electron chi connectivity index (χ4n) is 2.44. The molecule has 1 aliphatic heterocycles. The lowest BCUT2D eigenvalue weighted by Gasteiger charge is -2.25. The summed E-state index contributed by atoms with van der Waals surface area (Å²) in [6, 6.07) is 4.24. The molecule has 5 heteroatoms. The minimum absolute atomic E-state index is 0.184. The van der Waals surface area contributed by atoms with Gasteiger partial charge in [-0.25, -0.2) is 4.39 Å². The van der Waals surface area contributed by atoms with E-state index in [0.717, 1.165) is 6.42 Å². The zero-order valence-corrected chi connectivity index (χ0v) is 13.4. The SMILES string of the molecule is CC(C)CCC(C)(O)CNC(=O)C1Cc2cc(F)ccc2O1. The maximum Gasteiger partial charge on any atom is 0.261 e. The number of carbonyl (C=O) groups is 1. The molecule has 0 saturated carbocycles. The van der Waals surface area contributed by atoms with E-state index in [0.29, 0.717) is 30.1 Å². The van der Waals surface area contributed by atoms with E-state index in [2.05, 4.69) is 19.2 Å². The Bertz CT molecular complexity index is 543. The van der Waals surface area contributed by atoms with Crippen LogP contribution in [0.3, 0.4) is 0 Å². The summed E-state index contributed by atoms with van der Waals surface area (Å²) in [6.45, 7) is 6.09. The molecule has 1 heterocycles. The lowest BCUT2D eigenvalue weighted by molar-refractivity contribution is -0.128. The lowest BCUT2D eigenvalue weighted by atomic mass is 9.95. The van der Waals surface area contributed by atoms with Crippen molar-refractivity contribution < 1.29 is 19.0 Å². The van der Waals surface area contributed by atoms with Gasteiger partial charge in [-0.3, -0.25) is 4.79 Å². The van der Waals surface area contributed by atoms with Crippen LogP contribution in [0.25, 0.3) is 0 Å². The van der Waals surface area contributed by atoms with Gasteiger partial charge in [0.25, 0.3) is 5.91 Å². The number of fused-ring (bicyclic) bond motifs is 1. The van der Waals surface area contributed by atoms with Crippen LogP contribution in [0.15, 0.2) is 18.2 Å². The monoisotopic (exact) mass is 309 g/mol. The Hall–Kier alpha value is -1.62. The second-order valence-electron chi connectivity index (χ2n) is 6.71. The van der Waals surface area contributed by atoms with Crippen molar-refractivity contribution in [1.82, 2.24) is 5.32 Å². The highest BCUT2D eigenvalue weighted by Gasteiger charge is 2.31. The number of nitrogens with one attached hydrogen (secondary N) is 1. The van der Waals surface area contributed by atoms with Crippen molar-refractivity contribution in [3.63, 3.8) is 0 Å². The van der Waals surface area contributed by atoms with Crippen molar-refractivity contribution >= 4 is 5.91 Å². The van der Waals surface area contributed by atoms with Gasteiger partial charge < -0.3 is 15.2 Å². The van der Waals surface area contributed by atoms with E-state index in [-0.39, 0.29) is 18.3 Å². The van der Waals surface area contributed by atoms with E-state index in [1.807, 2.05) is 0 Å². The van der Waals surface area contributed by atoms with Crippen LogP contribution in [-0.4, -0.2) is 29.3 Å². The molecule has 0 fully saturated rings. The summed E-state index contributed by atoms with van der Waals surface area (Å²) in [4.78, 5) is 12.1. The van der Waals surface area contributed by atoms with Gasteiger partial charge >= 0.3 is 0 Å². The molecule has 2 atom stereocenters. The van der Waals surface area contributed by atoms with Crippen molar-refractivity contribution in [2.45, 2.75) is 51.7 Å². The van der Waals surface area contributed by atoms with Crippen LogP contribution >= 0.6 is 0 Å². The molecule has 1 aromatic carbocycles. The van der Waals surface area contributed by atoms with Gasteiger partial charge in [0.1, 0.15) is 11.6 Å². The Balaban J connectivity index is 1.84. The number of halogens is 1. The molecule has 1 aromatic rings. The van der Waals surface area contributed by atoms with Crippen molar-refractivity contribution in [1.29, 1.82) is 0 Å². The molecule has 0 saturated heterocycles. The molecule has 0 aromatic heterocycles. The summed E-state index contributed by atoms with van der Waals surface area (Å²) in [5.41, 5.74) is -0.232. The van der Waals surface area contributed by atoms with Gasteiger partial charge in [-0.15, -0.1) is 0 Å². The molecular weight excluding hydrogens is 285 g/mol. The molecule has 2 rings (SSSR count). The predicted molar refractivity (Wildman–Crippen MR) is 82.2 cm³/mol. The third-order valence-electron chi connectivity index (χ3n) is 3.89. The highest BCUT2D eigenvalue weighted by atomic mass is 19.1. The van der Waals surface area contributed by atoms with Crippen LogP contribution < -0.4 is 10.1 Å². The second kappa shape index (κ2) is 6.65. The quantitative estimate of drug-likeness (QED) is 0.848. The summed E-state index contributed by atoms with van der Waals surface area (Å²) in [5.74, 6) is 0.444. The van der Waals surface area contributed by atoms with Gasteiger partial charge in [-0.05, 0) is 43.9 Å². The zero-order chi connectivity index (χ0) is 16.3. The van der Waals surface area contributed by atoms with E-state index in [9.17, 15) is 14.3 Å². The van der Waals surface area contributed by atoms with Gasteiger partial charge in [0.05, 0.1) is 5.60 Å². The number of benzene rings is 1. The predicted octanol–water partition coefficient (Wildman–Crippen LogP) is 2.43. The Morgan fingerprint density at radius 1 is 1.55 bits per heavy atom. The lowest BCUT2D eigenvalue weighted by Crippen LogP contribution is -2.45. The maximum atomic E-state index is 13.2. The number of aliphatic hydroxyl groups is 1. The van der Waals surface area contributed by atoms with Gasteiger partial charge in [-0.1, -0.05) is 13.8 Å². The standard InChI is InChI=1S/C17H24FNO3/c1-11(2)6-7-17(3,21)10-19-16(20)15-9-12-8-13(18)4-5-14(12)22-15/h4-5,8,11,15,21H,6-7,9-10H2,1-3H3,(H,19,20). The normalized spacial score (nSPS) is 19.5. The molecule has 2 N–H and O–H groups in total. The molecule has 2 unspecified atom stereocenters. The summed E-state index contributed by atoms with van der Waals surface area (Å²) >= 11 is 0. The van der Waals surface area contributed by atoms with Crippen LogP contribution in [0.4, 0.5) is 4.39 Å². The third-order valence-corrected chi connectivity index (χ3v) is 3.89. The number of rotatable bonds is 6.